The number of aromatic amines is 1. The van der Waals surface area contributed by atoms with Crippen molar-refractivity contribution < 1.29 is 4.79 Å². The Kier molecular flexibility index (Phi) is 4.03. The first kappa shape index (κ1) is 14.2. The molecule has 2 heterocycles. The largest absolute Gasteiger partial charge is 0.345 e. The molecule has 0 saturated heterocycles. The minimum absolute atomic E-state index is 0.118. The standard InChI is InChI=1S/C15H13ClN2O2S/c16-9-3-4-13-11(8-9)12(5-7-21-13)18-15(20)10-2-1-6-17-14(10)19/h1-4,6,8,12H,5,7H2,(H,17,19)(H,18,20). The Morgan fingerprint density at radius 3 is 3.05 bits per heavy atom. The van der Waals surface area contributed by atoms with Crippen LogP contribution in [0, 0.1) is 0 Å². The highest BCUT2D eigenvalue weighted by atomic mass is 35.5. The molecule has 2 aromatic rings. The predicted octanol–water partition coefficient (Wildman–Crippen LogP) is 3.00. The van der Waals surface area contributed by atoms with Crippen LogP contribution in [0.25, 0.3) is 0 Å². The maximum Gasteiger partial charge on any atom is 0.260 e. The van der Waals surface area contributed by atoms with Gasteiger partial charge < -0.3 is 10.3 Å². The van der Waals surface area contributed by atoms with Crippen molar-refractivity contribution in [2.24, 2.45) is 0 Å². The van der Waals surface area contributed by atoms with E-state index in [1.165, 1.54) is 12.3 Å². The summed E-state index contributed by atoms with van der Waals surface area (Å²) in [5, 5.41) is 3.57. The number of pyridine rings is 1. The number of carbonyl (C=O) groups excluding carboxylic acids is 1. The minimum atomic E-state index is -0.383. The van der Waals surface area contributed by atoms with Gasteiger partial charge in [-0.25, -0.2) is 0 Å². The summed E-state index contributed by atoms with van der Waals surface area (Å²) in [6.07, 6.45) is 2.32. The fourth-order valence-electron chi connectivity index (χ4n) is 2.35. The van der Waals surface area contributed by atoms with Crippen LogP contribution >= 0.6 is 23.4 Å². The lowest BCUT2D eigenvalue weighted by molar-refractivity contribution is 0.0933. The van der Waals surface area contributed by atoms with Crippen molar-refractivity contribution in [2.75, 3.05) is 5.75 Å². The Labute approximate surface area is 130 Å². The maximum atomic E-state index is 12.3. The van der Waals surface area contributed by atoms with Crippen LogP contribution in [-0.2, 0) is 0 Å². The average Bonchev–Trinajstić information content (AvgIpc) is 2.48. The summed E-state index contributed by atoms with van der Waals surface area (Å²) >= 11 is 7.79. The molecule has 1 unspecified atom stereocenters. The highest BCUT2D eigenvalue weighted by Gasteiger charge is 2.23. The predicted molar refractivity (Wildman–Crippen MR) is 84.1 cm³/mol. The molecule has 0 fully saturated rings. The summed E-state index contributed by atoms with van der Waals surface area (Å²) in [6, 6.07) is 8.73. The number of thioether (sulfide) groups is 1. The average molecular weight is 321 g/mol. The molecular weight excluding hydrogens is 308 g/mol. The van der Waals surface area contributed by atoms with Crippen molar-refractivity contribution in [1.29, 1.82) is 0 Å². The van der Waals surface area contributed by atoms with Crippen molar-refractivity contribution in [3.63, 3.8) is 0 Å². The molecule has 3 rings (SSSR count). The molecule has 0 saturated carbocycles. The zero-order valence-electron chi connectivity index (χ0n) is 11.1. The second kappa shape index (κ2) is 5.95. The molecule has 0 bridgehead atoms. The van der Waals surface area contributed by atoms with Gasteiger partial charge in [0.15, 0.2) is 0 Å². The van der Waals surface area contributed by atoms with Gasteiger partial charge in [-0.15, -0.1) is 11.8 Å². The van der Waals surface area contributed by atoms with Crippen LogP contribution in [-0.4, -0.2) is 16.6 Å². The first-order valence-electron chi connectivity index (χ1n) is 6.56. The molecule has 1 aliphatic rings. The number of aromatic nitrogens is 1. The molecule has 21 heavy (non-hydrogen) atoms. The van der Waals surface area contributed by atoms with Crippen molar-refractivity contribution in [1.82, 2.24) is 10.3 Å². The van der Waals surface area contributed by atoms with E-state index in [1.807, 2.05) is 18.2 Å². The highest BCUT2D eigenvalue weighted by molar-refractivity contribution is 7.99. The van der Waals surface area contributed by atoms with E-state index in [0.717, 1.165) is 22.6 Å². The second-order valence-electron chi connectivity index (χ2n) is 4.76. The third kappa shape index (κ3) is 2.99. The van der Waals surface area contributed by atoms with E-state index < -0.39 is 0 Å². The quantitative estimate of drug-likeness (QED) is 0.894. The topological polar surface area (TPSA) is 62.0 Å². The highest BCUT2D eigenvalue weighted by Crippen LogP contribution is 2.37. The molecule has 1 atom stereocenters. The number of H-pyrrole nitrogens is 1. The van der Waals surface area contributed by atoms with Gasteiger partial charge in [-0.2, -0.15) is 0 Å². The lowest BCUT2D eigenvalue weighted by Gasteiger charge is -2.26. The zero-order chi connectivity index (χ0) is 14.8. The number of fused-ring (bicyclic) bond motifs is 1. The van der Waals surface area contributed by atoms with Crippen LogP contribution < -0.4 is 10.9 Å². The third-order valence-electron chi connectivity index (χ3n) is 3.38. The van der Waals surface area contributed by atoms with Gasteiger partial charge in [-0.1, -0.05) is 11.6 Å². The number of hydrogen-bond donors (Lipinski definition) is 2. The summed E-state index contributed by atoms with van der Waals surface area (Å²) in [4.78, 5) is 27.5. The van der Waals surface area contributed by atoms with E-state index in [4.69, 9.17) is 11.6 Å². The summed E-state index contributed by atoms with van der Waals surface area (Å²) in [5.41, 5.74) is 0.755. The van der Waals surface area contributed by atoms with Crippen LogP contribution in [0.1, 0.15) is 28.4 Å². The molecular formula is C15H13ClN2O2S. The SMILES string of the molecule is O=C(NC1CCSc2ccc(Cl)cc21)c1ccc[nH]c1=O. The number of nitrogens with one attached hydrogen (secondary N) is 2. The Morgan fingerprint density at radius 2 is 2.24 bits per heavy atom. The fourth-order valence-corrected chi connectivity index (χ4v) is 3.64. The molecule has 0 radical (unpaired) electrons. The normalized spacial score (nSPS) is 17.1. The van der Waals surface area contributed by atoms with Crippen LogP contribution in [0.4, 0.5) is 0 Å². The molecule has 2 N–H and O–H groups in total. The smallest absolute Gasteiger partial charge is 0.260 e. The van der Waals surface area contributed by atoms with Crippen molar-refractivity contribution >= 4 is 29.3 Å². The van der Waals surface area contributed by atoms with Gasteiger partial charge in [0.1, 0.15) is 5.56 Å². The zero-order valence-corrected chi connectivity index (χ0v) is 12.6. The third-order valence-corrected chi connectivity index (χ3v) is 4.74. The van der Waals surface area contributed by atoms with Gasteiger partial charge in [-0.3, -0.25) is 9.59 Å². The van der Waals surface area contributed by atoms with E-state index in [2.05, 4.69) is 10.3 Å². The summed E-state index contributed by atoms with van der Waals surface area (Å²) in [5.74, 6) is 0.560. The number of carbonyl (C=O) groups is 1. The number of hydrogen-bond acceptors (Lipinski definition) is 3. The summed E-state index contributed by atoms with van der Waals surface area (Å²) in [6.45, 7) is 0. The summed E-state index contributed by atoms with van der Waals surface area (Å²) < 4.78 is 0. The fraction of sp³-hybridized carbons (Fsp3) is 0.200. The molecule has 6 heteroatoms. The Hall–Kier alpha value is -1.72. The lowest BCUT2D eigenvalue weighted by atomic mass is 10.0. The van der Waals surface area contributed by atoms with Crippen LogP contribution in [0.5, 0.6) is 0 Å². The molecule has 1 amide bonds. The van der Waals surface area contributed by atoms with Crippen LogP contribution in [0.3, 0.4) is 0 Å². The molecule has 1 aromatic carbocycles. The molecule has 4 nitrogen and oxygen atoms in total. The molecule has 1 aliphatic heterocycles. The second-order valence-corrected chi connectivity index (χ2v) is 6.33. The Morgan fingerprint density at radius 1 is 1.38 bits per heavy atom. The Bertz CT molecular complexity index is 744. The molecule has 1 aromatic heterocycles. The van der Waals surface area contributed by atoms with Crippen molar-refractivity contribution in [3.8, 4) is 0 Å². The van der Waals surface area contributed by atoms with Gasteiger partial charge in [0.2, 0.25) is 0 Å². The first-order chi connectivity index (χ1) is 10.1. The molecule has 0 aliphatic carbocycles. The summed E-state index contributed by atoms with van der Waals surface area (Å²) in [7, 11) is 0. The van der Waals surface area contributed by atoms with E-state index in [1.54, 1.807) is 17.8 Å². The van der Waals surface area contributed by atoms with Gasteiger partial charge in [0.25, 0.3) is 11.5 Å². The van der Waals surface area contributed by atoms with Crippen LogP contribution in [0.2, 0.25) is 5.02 Å². The number of rotatable bonds is 2. The van der Waals surface area contributed by atoms with Gasteiger partial charge in [0, 0.05) is 21.9 Å². The number of benzene rings is 1. The molecule has 0 spiro atoms. The van der Waals surface area contributed by atoms with E-state index >= 15 is 0 Å². The minimum Gasteiger partial charge on any atom is -0.345 e. The first-order valence-corrected chi connectivity index (χ1v) is 7.92. The number of halogens is 1. The van der Waals surface area contributed by atoms with Crippen LogP contribution in [0.15, 0.2) is 46.2 Å². The Balaban J connectivity index is 1.87. The lowest BCUT2D eigenvalue weighted by Crippen LogP contribution is -2.34. The van der Waals surface area contributed by atoms with E-state index in [9.17, 15) is 9.59 Å². The molecule has 108 valence electrons. The number of amides is 1. The van der Waals surface area contributed by atoms with E-state index in [-0.39, 0.29) is 23.1 Å². The van der Waals surface area contributed by atoms with Gasteiger partial charge >= 0.3 is 0 Å². The monoisotopic (exact) mass is 320 g/mol. The van der Waals surface area contributed by atoms with E-state index in [0.29, 0.717) is 5.02 Å². The van der Waals surface area contributed by atoms with Crippen molar-refractivity contribution in [3.05, 3.63) is 63.0 Å². The maximum absolute atomic E-state index is 12.3. The van der Waals surface area contributed by atoms with Gasteiger partial charge in [0.05, 0.1) is 6.04 Å². The van der Waals surface area contributed by atoms with Crippen molar-refractivity contribution in [2.45, 2.75) is 17.4 Å². The van der Waals surface area contributed by atoms with Gasteiger partial charge in [-0.05, 0) is 42.3 Å².